The van der Waals surface area contributed by atoms with E-state index in [4.69, 9.17) is 27.1 Å². The molecule has 2 aromatic carbocycles. The van der Waals surface area contributed by atoms with Crippen molar-refractivity contribution >= 4 is 39.1 Å². The summed E-state index contributed by atoms with van der Waals surface area (Å²) in [6.07, 6.45) is 2.95. The molecule has 4 aromatic rings. The molecule has 0 aliphatic carbocycles. The SMILES string of the molecule is Cc1nc([C@@](C)([Si])c2cc(Cl)c(F)c(C(=O)N[C@H](C)c3ccccc3)c2OC(C)C)n2ccnc(N)c12. The number of anilines is 1. The summed E-state index contributed by atoms with van der Waals surface area (Å²) in [6, 6.07) is 10.5. The molecule has 2 heterocycles. The second kappa shape index (κ2) is 10.1. The first-order valence-electron chi connectivity index (χ1n) is 11.8. The lowest BCUT2D eigenvalue weighted by Gasteiger charge is -2.29. The number of imidazole rings is 1. The molecule has 0 bridgehead atoms. The Hall–Kier alpha value is -3.43. The summed E-state index contributed by atoms with van der Waals surface area (Å²) in [6.45, 7) is 9.09. The van der Waals surface area contributed by atoms with Crippen molar-refractivity contribution in [1.82, 2.24) is 19.7 Å². The number of fused-ring (bicyclic) bond motifs is 1. The van der Waals surface area contributed by atoms with Gasteiger partial charge >= 0.3 is 0 Å². The predicted octanol–water partition coefficient (Wildman–Crippen LogP) is 5.12. The van der Waals surface area contributed by atoms with Crippen LogP contribution in [0.3, 0.4) is 0 Å². The van der Waals surface area contributed by atoms with Gasteiger partial charge in [0, 0.05) is 33.2 Å². The van der Waals surface area contributed by atoms with Gasteiger partial charge in [-0.25, -0.2) is 14.4 Å². The summed E-state index contributed by atoms with van der Waals surface area (Å²) >= 11 is 6.38. The summed E-state index contributed by atoms with van der Waals surface area (Å²) in [7, 11) is 3.86. The van der Waals surface area contributed by atoms with E-state index in [1.54, 1.807) is 30.6 Å². The van der Waals surface area contributed by atoms with E-state index in [1.165, 1.54) is 6.07 Å². The number of aryl methyl sites for hydroxylation is 1. The molecule has 1 amide bonds. The molecule has 0 unspecified atom stereocenters. The van der Waals surface area contributed by atoms with Crippen molar-refractivity contribution in [3.05, 3.63) is 87.8 Å². The molecule has 0 saturated heterocycles. The molecule has 0 fully saturated rings. The number of rotatable bonds is 7. The van der Waals surface area contributed by atoms with E-state index >= 15 is 4.39 Å². The Bertz CT molecular complexity index is 1470. The second-order valence-electron chi connectivity index (χ2n) is 9.37. The van der Waals surface area contributed by atoms with Crippen molar-refractivity contribution < 1.29 is 13.9 Å². The lowest BCUT2D eigenvalue weighted by Crippen LogP contribution is -2.32. The van der Waals surface area contributed by atoms with Crippen LogP contribution in [0.2, 0.25) is 5.02 Å². The highest BCUT2D eigenvalue weighted by Crippen LogP contribution is 2.42. The predicted molar refractivity (Wildman–Crippen MR) is 144 cm³/mol. The van der Waals surface area contributed by atoms with Crippen molar-refractivity contribution in [2.24, 2.45) is 0 Å². The highest BCUT2D eigenvalue weighted by molar-refractivity contribution is 6.31. The molecule has 3 N–H and O–H groups in total. The third-order valence-corrected chi connectivity index (χ3v) is 6.91. The number of carbonyl (C=O) groups is 1. The highest BCUT2D eigenvalue weighted by atomic mass is 35.5. The van der Waals surface area contributed by atoms with Gasteiger partial charge in [-0.2, -0.15) is 0 Å². The van der Waals surface area contributed by atoms with Gasteiger partial charge in [-0.3, -0.25) is 9.20 Å². The largest absolute Gasteiger partial charge is 0.490 e. The zero-order valence-electron chi connectivity index (χ0n) is 21.3. The molecule has 3 radical (unpaired) electrons. The number of nitrogens with zero attached hydrogens (tertiary/aromatic N) is 3. The Labute approximate surface area is 223 Å². The summed E-state index contributed by atoms with van der Waals surface area (Å²) in [4.78, 5) is 22.4. The number of amides is 1. The molecule has 0 aliphatic rings. The van der Waals surface area contributed by atoms with Gasteiger partial charge < -0.3 is 15.8 Å². The zero-order valence-corrected chi connectivity index (χ0v) is 23.0. The number of nitrogens with two attached hydrogens (primary N) is 1. The number of hydrogen-bond acceptors (Lipinski definition) is 5. The van der Waals surface area contributed by atoms with Crippen molar-refractivity contribution in [3.8, 4) is 5.75 Å². The van der Waals surface area contributed by atoms with Crippen molar-refractivity contribution in [2.45, 2.75) is 51.8 Å². The van der Waals surface area contributed by atoms with E-state index in [0.29, 0.717) is 28.4 Å². The zero-order chi connectivity index (χ0) is 27.1. The Kier molecular flexibility index (Phi) is 7.30. The molecule has 0 saturated carbocycles. The smallest absolute Gasteiger partial charge is 0.258 e. The quantitative estimate of drug-likeness (QED) is 0.320. The lowest BCUT2D eigenvalue weighted by molar-refractivity contribution is 0.0929. The summed E-state index contributed by atoms with van der Waals surface area (Å²) in [5.41, 5.74) is 8.46. The van der Waals surface area contributed by atoms with Crippen LogP contribution in [-0.2, 0) is 5.04 Å². The van der Waals surface area contributed by atoms with Gasteiger partial charge in [0.05, 0.1) is 22.9 Å². The second-order valence-corrected chi connectivity index (χ2v) is 10.8. The van der Waals surface area contributed by atoms with Crippen LogP contribution in [0, 0.1) is 12.7 Å². The first-order valence-corrected chi connectivity index (χ1v) is 12.7. The van der Waals surface area contributed by atoms with Gasteiger partial charge in [-0.15, -0.1) is 0 Å². The third-order valence-electron chi connectivity index (χ3n) is 6.14. The van der Waals surface area contributed by atoms with Crippen molar-refractivity contribution in [3.63, 3.8) is 0 Å². The normalized spacial score (nSPS) is 14.0. The molecule has 10 heteroatoms. The summed E-state index contributed by atoms with van der Waals surface area (Å²) in [5.74, 6) is -0.575. The molecule has 37 heavy (non-hydrogen) atoms. The van der Waals surface area contributed by atoms with Crippen molar-refractivity contribution in [1.29, 1.82) is 0 Å². The third kappa shape index (κ3) is 4.93. The Morgan fingerprint density at radius 3 is 2.59 bits per heavy atom. The van der Waals surface area contributed by atoms with Crippen LogP contribution < -0.4 is 15.8 Å². The first-order chi connectivity index (χ1) is 17.4. The molecule has 0 aliphatic heterocycles. The van der Waals surface area contributed by atoms with E-state index in [1.807, 2.05) is 51.1 Å². The minimum atomic E-state index is -1.06. The molecule has 7 nitrogen and oxygen atoms in total. The Morgan fingerprint density at radius 1 is 1.27 bits per heavy atom. The maximum Gasteiger partial charge on any atom is 0.258 e. The molecular weight excluding hydrogens is 509 g/mol. The average Bonchev–Trinajstić information content (AvgIpc) is 3.20. The standard InChI is InChI=1S/C27H28ClFN5O2Si/c1-14(2)36-23-18(27(5,37)26-33-16(4)22-24(30)31-11-12-34(22)26)13-19(28)21(29)20(23)25(35)32-15(3)17-9-7-6-8-10-17/h6-15H,1-5H3,(H2,30,31)(H,32,35)/t15-,27+/m1/s1. The average molecular weight is 537 g/mol. The van der Waals surface area contributed by atoms with Gasteiger partial charge in [0.1, 0.15) is 28.5 Å². The number of ether oxygens (including phenoxy) is 1. The number of halogens is 2. The number of carbonyl (C=O) groups excluding carboxylic acids is 1. The van der Waals surface area contributed by atoms with E-state index < -0.39 is 16.8 Å². The van der Waals surface area contributed by atoms with Crippen LogP contribution in [-0.4, -0.2) is 36.6 Å². The molecule has 2 aromatic heterocycles. The highest BCUT2D eigenvalue weighted by Gasteiger charge is 2.37. The van der Waals surface area contributed by atoms with E-state index in [2.05, 4.69) is 20.5 Å². The van der Waals surface area contributed by atoms with Gasteiger partial charge in [0.25, 0.3) is 5.91 Å². The maximum absolute atomic E-state index is 15.6. The fourth-order valence-corrected chi connectivity index (χ4v) is 4.92. The number of nitrogens with one attached hydrogen (secondary N) is 1. The number of aromatic nitrogens is 3. The fraction of sp³-hybridized carbons (Fsp3) is 0.296. The van der Waals surface area contributed by atoms with Gasteiger partial charge in [0.2, 0.25) is 0 Å². The van der Waals surface area contributed by atoms with E-state index in [0.717, 1.165) is 5.56 Å². The Balaban J connectivity index is 1.90. The Morgan fingerprint density at radius 2 is 1.95 bits per heavy atom. The summed E-state index contributed by atoms with van der Waals surface area (Å²) < 4.78 is 23.5. The fourth-order valence-electron chi connectivity index (χ4n) is 4.35. The molecule has 191 valence electrons. The van der Waals surface area contributed by atoms with E-state index in [9.17, 15) is 4.79 Å². The number of benzene rings is 2. The van der Waals surface area contributed by atoms with Crippen LogP contribution in [0.15, 0.2) is 48.8 Å². The topological polar surface area (TPSA) is 94.5 Å². The van der Waals surface area contributed by atoms with Crippen molar-refractivity contribution in [2.75, 3.05) is 5.73 Å². The molecule has 4 rings (SSSR count). The van der Waals surface area contributed by atoms with Crippen LogP contribution in [0.4, 0.5) is 10.2 Å². The van der Waals surface area contributed by atoms with Crippen LogP contribution >= 0.6 is 11.6 Å². The first kappa shape index (κ1) is 26.6. The van der Waals surface area contributed by atoms with Crippen LogP contribution in [0.1, 0.15) is 66.7 Å². The minimum Gasteiger partial charge on any atom is -0.490 e. The molecular formula is C27H28ClFN5O2Si. The lowest BCUT2D eigenvalue weighted by atomic mass is 9.94. The number of nitrogen functional groups attached to an aromatic ring is 1. The van der Waals surface area contributed by atoms with Crippen LogP contribution in [0.25, 0.3) is 5.52 Å². The van der Waals surface area contributed by atoms with Crippen LogP contribution in [0.5, 0.6) is 5.75 Å². The monoisotopic (exact) mass is 536 g/mol. The maximum atomic E-state index is 15.6. The minimum absolute atomic E-state index is 0.0728. The molecule has 0 spiro atoms. The summed E-state index contributed by atoms with van der Waals surface area (Å²) in [5, 5.41) is 1.60. The van der Waals surface area contributed by atoms with Gasteiger partial charge in [-0.1, -0.05) is 48.9 Å². The van der Waals surface area contributed by atoms with Gasteiger partial charge in [-0.05, 0) is 39.3 Å². The van der Waals surface area contributed by atoms with Gasteiger partial charge in [0.15, 0.2) is 5.82 Å². The molecule has 2 atom stereocenters. The number of hydrogen-bond donors (Lipinski definition) is 2. The van der Waals surface area contributed by atoms with E-state index in [-0.39, 0.29) is 28.5 Å².